The van der Waals surface area contributed by atoms with Gasteiger partial charge in [-0.3, -0.25) is 19.9 Å². The van der Waals surface area contributed by atoms with Crippen molar-refractivity contribution in [1.82, 2.24) is 29.1 Å². The summed E-state index contributed by atoms with van der Waals surface area (Å²) >= 11 is 0. The molecule has 0 unspecified atom stereocenters. The Morgan fingerprint density at radius 2 is 0.769 bits per heavy atom. The lowest BCUT2D eigenvalue weighted by atomic mass is 10.0. The molecule has 0 amide bonds. The summed E-state index contributed by atoms with van der Waals surface area (Å²) in [6.07, 6.45) is 11.1. The lowest BCUT2D eigenvalue weighted by Gasteiger charge is -2.11. The molecule has 0 bridgehead atoms. The third kappa shape index (κ3) is 4.18. The lowest BCUT2D eigenvalue weighted by Crippen LogP contribution is -1.95. The number of pyridine rings is 4. The van der Waals surface area contributed by atoms with E-state index >= 15 is 0 Å². The van der Waals surface area contributed by atoms with Gasteiger partial charge in [0.1, 0.15) is 0 Å². The van der Waals surface area contributed by atoms with E-state index in [1.165, 1.54) is 43.6 Å². The van der Waals surface area contributed by atoms with Crippen molar-refractivity contribution < 1.29 is 0 Å². The van der Waals surface area contributed by atoms with Crippen LogP contribution < -0.4 is 0 Å². The molecular formula is C46H28N6. The number of hydrogen-bond acceptors (Lipinski definition) is 4. The van der Waals surface area contributed by atoms with Crippen LogP contribution in [-0.4, -0.2) is 29.1 Å². The molecule has 52 heavy (non-hydrogen) atoms. The zero-order valence-corrected chi connectivity index (χ0v) is 27.8. The van der Waals surface area contributed by atoms with Crippen LogP contribution in [0.5, 0.6) is 0 Å². The molecule has 0 N–H and O–H groups in total. The minimum absolute atomic E-state index is 0.894. The van der Waals surface area contributed by atoms with E-state index in [9.17, 15) is 0 Å². The molecule has 242 valence electrons. The van der Waals surface area contributed by atoms with E-state index in [-0.39, 0.29) is 0 Å². The highest BCUT2D eigenvalue weighted by molar-refractivity contribution is 6.28. The van der Waals surface area contributed by atoms with Crippen molar-refractivity contribution in [3.63, 3.8) is 0 Å². The summed E-state index contributed by atoms with van der Waals surface area (Å²) in [5.41, 5.74) is 13.1. The van der Waals surface area contributed by atoms with Crippen LogP contribution in [0.1, 0.15) is 0 Å². The topological polar surface area (TPSA) is 61.4 Å². The number of fused-ring (bicyclic) bond motifs is 9. The normalized spacial score (nSPS) is 11.8. The molecule has 6 nitrogen and oxygen atoms in total. The minimum atomic E-state index is 0.894. The Balaban J connectivity index is 1.10. The fourth-order valence-electron chi connectivity index (χ4n) is 8.11. The first kappa shape index (κ1) is 28.6. The van der Waals surface area contributed by atoms with E-state index < -0.39 is 0 Å². The van der Waals surface area contributed by atoms with E-state index in [2.05, 4.69) is 150 Å². The van der Waals surface area contributed by atoms with Crippen LogP contribution in [-0.2, 0) is 0 Å². The van der Waals surface area contributed by atoms with Crippen LogP contribution in [0.2, 0.25) is 0 Å². The van der Waals surface area contributed by atoms with Crippen LogP contribution in [0.25, 0.3) is 99.0 Å². The van der Waals surface area contributed by atoms with Gasteiger partial charge in [-0.2, -0.15) is 0 Å². The van der Waals surface area contributed by atoms with Crippen molar-refractivity contribution in [3.8, 4) is 33.6 Å². The minimum Gasteiger partial charge on any atom is -0.309 e. The van der Waals surface area contributed by atoms with E-state index in [4.69, 9.17) is 0 Å². The van der Waals surface area contributed by atoms with Gasteiger partial charge in [-0.1, -0.05) is 72.8 Å². The van der Waals surface area contributed by atoms with Crippen LogP contribution in [0, 0.1) is 0 Å². The van der Waals surface area contributed by atoms with E-state index in [1.807, 2.05) is 49.3 Å². The van der Waals surface area contributed by atoms with Gasteiger partial charge in [-0.25, -0.2) is 0 Å². The molecule has 0 radical (unpaired) electrons. The van der Waals surface area contributed by atoms with E-state index in [0.29, 0.717) is 0 Å². The van der Waals surface area contributed by atoms with Crippen molar-refractivity contribution in [2.45, 2.75) is 0 Å². The molecule has 0 fully saturated rings. The highest BCUT2D eigenvalue weighted by Crippen LogP contribution is 2.42. The third-order valence-corrected chi connectivity index (χ3v) is 10.4. The number of para-hydroxylation sites is 2. The quantitative estimate of drug-likeness (QED) is 0.188. The first-order valence-electron chi connectivity index (χ1n) is 17.4. The largest absolute Gasteiger partial charge is 0.309 e. The highest BCUT2D eigenvalue weighted by Gasteiger charge is 2.20. The van der Waals surface area contributed by atoms with Crippen LogP contribution in [0.15, 0.2) is 171 Å². The second kappa shape index (κ2) is 11.2. The van der Waals surface area contributed by atoms with Crippen LogP contribution in [0.3, 0.4) is 0 Å². The molecule has 6 heteroatoms. The van der Waals surface area contributed by atoms with Gasteiger partial charge < -0.3 is 9.13 Å². The highest BCUT2D eigenvalue weighted by atomic mass is 15.0. The summed E-state index contributed by atoms with van der Waals surface area (Å²) in [6.45, 7) is 0. The fraction of sp³-hybridized carbons (Fsp3) is 0. The maximum Gasteiger partial charge on any atom is 0.0891 e. The Morgan fingerprint density at radius 1 is 0.346 bits per heavy atom. The lowest BCUT2D eigenvalue weighted by molar-refractivity contribution is 1.17. The standard InChI is InChI=1S/C46H28N6/c1-3-11-41-35(7-1)45-43(51(41)31-17-13-29(14-18-31)37-25-47-27-39-33(37)9-5-23-49-39)21-22-44-46(45)36-8-2-4-12-42(36)52(44)32-19-15-30(16-20-32)38-26-48-28-40-34(38)10-6-24-50-40/h1-28H. The summed E-state index contributed by atoms with van der Waals surface area (Å²) in [5.74, 6) is 0. The molecule has 11 aromatic rings. The van der Waals surface area contributed by atoms with Gasteiger partial charge in [-0.15, -0.1) is 0 Å². The predicted octanol–water partition coefficient (Wildman–Crippen LogP) is 11.1. The molecular weight excluding hydrogens is 637 g/mol. The first-order chi connectivity index (χ1) is 25.8. The molecule has 0 saturated carbocycles. The molecule has 0 spiro atoms. The molecule has 6 aromatic heterocycles. The Labute approximate surface area is 297 Å². The zero-order valence-electron chi connectivity index (χ0n) is 27.8. The number of rotatable bonds is 4. The average molecular weight is 665 g/mol. The Bertz CT molecular complexity index is 2950. The van der Waals surface area contributed by atoms with Crippen molar-refractivity contribution in [3.05, 3.63) is 171 Å². The van der Waals surface area contributed by atoms with Gasteiger partial charge in [0, 0.05) is 79.6 Å². The Kier molecular flexibility index (Phi) is 6.15. The van der Waals surface area contributed by atoms with Gasteiger partial charge in [0.2, 0.25) is 0 Å². The smallest absolute Gasteiger partial charge is 0.0891 e. The molecule has 0 aliphatic rings. The number of aromatic nitrogens is 6. The molecule has 0 aliphatic carbocycles. The second-order valence-electron chi connectivity index (χ2n) is 13.2. The van der Waals surface area contributed by atoms with Crippen LogP contribution in [0.4, 0.5) is 0 Å². The molecule has 11 rings (SSSR count). The fourth-order valence-corrected chi connectivity index (χ4v) is 8.11. The maximum absolute atomic E-state index is 4.51. The first-order valence-corrected chi connectivity index (χ1v) is 17.4. The van der Waals surface area contributed by atoms with E-state index in [0.717, 1.165) is 55.4 Å². The molecule has 0 saturated heterocycles. The molecule has 0 aliphatic heterocycles. The van der Waals surface area contributed by atoms with Gasteiger partial charge in [0.25, 0.3) is 0 Å². The predicted molar refractivity (Wildman–Crippen MR) is 212 cm³/mol. The van der Waals surface area contributed by atoms with E-state index in [1.54, 1.807) is 0 Å². The maximum atomic E-state index is 4.51. The molecule has 0 atom stereocenters. The van der Waals surface area contributed by atoms with Gasteiger partial charge in [0.05, 0.1) is 45.5 Å². The Morgan fingerprint density at radius 3 is 1.23 bits per heavy atom. The van der Waals surface area contributed by atoms with Crippen molar-refractivity contribution >= 4 is 65.4 Å². The SMILES string of the molecule is c1cnc2cncc(-c3ccc(-n4c5ccccc5c5c6c7ccccc7n(-c7ccc(-c8cncc9ncccc89)cc7)c6ccc54)cc3)c2c1. The van der Waals surface area contributed by atoms with Gasteiger partial charge in [-0.05, 0) is 71.8 Å². The van der Waals surface area contributed by atoms with Crippen molar-refractivity contribution in [2.75, 3.05) is 0 Å². The Hall–Kier alpha value is -7.18. The van der Waals surface area contributed by atoms with Crippen LogP contribution >= 0.6 is 0 Å². The summed E-state index contributed by atoms with van der Waals surface area (Å²) < 4.78 is 4.79. The van der Waals surface area contributed by atoms with Crippen molar-refractivity contribution in [2.24, 2.45) is 0 Å². The summed E-state index contributed by atoms with van der Waals surface area (Å²) in [5, 5.41) is 7.15. The molecule has 6 heterocycles. The summed E-state index contributed by atoms with van der Waals surface area (Å²) in [6, 6.07) is 47.9. The summed E-state index contributed by atoms with van der Waals surface area (Å²) in [7, 11) is 0. The average Bonchev–Trinajstić information content (AvgIpc) is 3.73. The zero-order chi connectivity index (χ0) is 34.2. The number of hydrogen-bond donors (Lipinski definition) is 0. The number of benzene rings is 5. The van der Waals surface area contributed by atoms with Gasteiger partial charge >= 0.3 is 0 Å². The second-order valence-corrected chi connectivity index (χ2v) is 13.2. The third-order valence-electron chi connectivity index (χ3n) is 10.4. The number of nitrogens with zero attached hydrogens (tertiary/aromatic N) is 6. The van der Waals surface area contributed by atoms with Crippen molar-refractivity contribution in [1.29, 1.82) is 0 Å². The summed E-state index contributed by atoms with van der Waals surface area (Å²) in [4.78, 5) is 18.0. The molecule has 5 aromatic carbocycles. The monoisotopic (exact) mass is 664 g/mol. The van der Waals surface area contributed by atoms with Gasteiger partial charge in [0.15, 0.2) is 0 Å².